The normalized spacial score (nSPS) is 10.2. The lowest BCUT2D eigenvalue weighted by Gasteiger charge is -1.93. The Morgan fingerprint density at radius 1 is 1.80 bits per heavy atom. The van der Waals surface area contributed by atoms with E-state index in [2.05, 4.69) is 10.2 Å². The van der Waals surface area contributed by atoms with Crippen LogP contribution in [0.1, 0.15) is 5.56 Å². The van der Waals surface area contributed by atoms with Gasteiger partial charge in [-0.05, 0) is 6.26 Å². The van der Waals surface area contributed by atoms with Crippen molar-refractivity contribution < 1.29 is 5.11 Å². The molecule has 5 heteroatoms. The zero-order chi connectivity index (χ0) is 7.56. The molecule has 0 aliphatic rings. The van der Waals surface area contributed by atoms with Gasteiger partial charge in [-0.15, -0.1) is 11.8 Å². The summed E-state index contributed by atoms with van der Waals surface area (Å²) < 4.78 is 0. The highest BCUT2D eigenvalue weighted by Crippen LogP contribution is 2.21. The first-order valence-electron chi connectivity index (χ1n) is 2.77. The number of thioether (sulfide) groups is 1. The maximum Gasteiger partial charge on any atom is 0.125 e. The van der Waals surface area contributed by atoms with Crippen LogP contribution in [0.4, 0.5) is 5.82 Å². The third-order valence-corrected chi connectivity index (χ3v) is 1.94. The van der Waals surface area contributed by atoms with Gasteiger partial charge in [0.1, 0.15) is 10.8 Å². The van der Waals surface area contributed by atoms with Crippen molar-refractivity contribution >= 4 is 17.6 Å². The molecule has 0 saturated carbocycles. The molecule has 0 fully saturated rings. The van der Waals surface area contributed by atoms with E-state index in [0.29, 0.717) is 11.4 Å². The Kier molecular flexibility index (Phi) is 2.18. The molecule has 0 unspecified atom stereocenters. The molecule has 0 amide bonds. The van der Waals surface area contributed by atoms with Crippen molar-refractivity contribution in [2.45, 2.75) is 11.6 Å². The van der Waals surface area contributed by atoms with Crippen molar-refractivity contribution in [3.8, 4) is 0 Å². The van der Waals surface area contributed by atoms with Gasteiger partial charge >= 0.3 is 0 Å². The minimum Gasteiger partial charge on any atom is -0.391 e. The smallest absolute Gasteiger partial charge is 0.125 e. The Bertz CT molecular complexity index is 223. The second kappa shape index (κ2) is 2.94. The van der Waals surface area contributed by atoms with E-state index in [-0.39, 0.29) is 6.61 Å². The molecule has 10 heavy (non-hydrogen) atoms. The molecule has 1 heterocycles. The lowest BCUT2D eigenvalue weighted by molar-refractivity contribution is 0.279. The van der Waals surface area contributed by atoms with Crippen LogP contribution in [-0.2, 0) is 6.61 Å². The molecule has 0 aromatic carbocycles. The number of nitrogen functional groups attached to an aromatic ring is 1. The van der Waals surface area contributed by atoms with Crippen LogP contribution in [0.25, 0.3) is 0 Å². The predicted molar refractivity (Wildman–Crippen MR) is 40.7 cm³/mol. The third-order valence-electron chi connectivity index (χ3n) is 1.21. The van der Waals surface area contributed by atoms with E-state index in [0.717, 1.165) is 5.03 Å². The summed E-state index contributed by atoms with van der Waals surface area (Å²) in [5.41, 5.74) is 6.12. The number of nitrogens with zero attached hydrogens (tertiary/aromatic N) is 1. The van der Waals surface area contributed by atoms with Gasteiger partial charge in [-0.2, -0.15) is 5.10 Å². The molecule has 0 spiro atoms. The van der Waals surface area contributed by atoms with Crippen LogP contribution in [0.2, 0.25) is 0 Å². The van der Waals surface area contributed by atoms with E-state index in [1.54, 1.807) is 0 Å². The minimum atomic E-state index is -0.0570. The van der Waals surface area contributed by atoms with E-state index in [1.165, 1.54) is 11.8 Å². The fourth-order valence-electron chi connectivity index (χ4n) is 0.683. The highest BCUT2D eigenvalue weighted by Gasteiger charge is 2.07. The first-order chi connectivity index (χ1) is 4.79. The summed E-state index contributed by atoms with van der Waals surface area (Å²) in [6.07, 6.45) is 1.88. The second-order valence-electron chi connectivity index (χ2n) is 1.78. The highest BCUT2D eigenvalue weighted by atomic mass is 32.2. The fourth-order valence-corrected chi connectivity index (χ4v) is 1.24. The van der Waals surface area contributed by atoms with E-state index in [4.69, 9.17) is 10.8 Å². The van der Waals surface area contributed by atoms with Crippen molar-refractivity contribution in [2.75, 3.05) is 12.0 Å². The van der Waals surface area contributed by atoms with Gasteiger partial charge in [0, 0.05) is 0 Å². The van der Waals surface area contributed by atoms with Crippen molar-refractivity contribution in [3.05, 3.63) is 5.56 Å². The van der Waals surface area contributed by atoms with E-state index < -0.39 is 0 Å². The Labute approximate surface area is 62.8 Å². The van der Waals surface area contributed by atoms with Crippen LogP contribution < -0.4 is 5.73 Å². The van der Waals surface area contributed by atoms with Crippen LogP contribution in [0.5, 0.6) is 0 Å². The summed E-state index contributed by atoms with van der Waals surface area (Å²) in [4.78, 5) is 0. The van der Waals surface area contributed by atoms with Gasteiger partial charge in [-0.1, -0.05) is 0 Å². The Morgan fingerprint density at radius 2 is 2.50 bits per heavy atom. The topological polar surface area (TPSA) is 74.9 Å². The minimum absolute atomic E-state index is 0.0570. The van der Waals surface area contributed by atoms with E-state index >= 15 is 0 Å². The maximum absolute atomic E-state index is 8.77. The zero-order valence-corrected chi connectivity index (χ0v) is 6.40. The van der Waals surface area contributed by atoms with Crippen LogP contribution >= 0.6 is 11.8 Å². The Morgan fingerprint density at radius 3 is 2.90 bits per heavy atom. The first-order valence-corrected chi connectivity index (χ1v) is 3.99. The van der Waals surface area contributed by atoms with Gasteiger partial charge in [0.15, 0.2) is 0 Å². The lowest BCUT2D eigenvalue weighted by atomic mass is 10.3. The van der Waals surface area contributed by atoms with Gasteiger partial charge in [-0.3, -0.25) is 5.10 Å². The summed E-state index contributed by atoms with van der Waals surface area (Å²) >= 11 is 1.46. The number of nitrogens with one attached hydrogen (secondary N) is 1. The summed E-state index contributed by atoms with van der Waals surface area (Å²) in [6.45, 7) is -0.0570. The SMILES string of the molecule is CSc1n[nH]c(N)c1CO. The van der Waals surface area contributed by atoms with E-state index in [9.17, 15) is 0 Å². The number of aliphatic hydroxyl groups excluding tert-OH is 1. The second-order valence-corrected chi connectivity index (χ2v) is 2.58. The summed E-state index contributed by atoms with van der Waals surface area (Å²) in [7, 11) is 0. The molecule has 0 bridgehead atoms. The molecule has 1 aromatic rings. The summed E-state index contributed by atoms with van der Waals surface area (Å²) in [5, 5.41) is 16.0. The summed E-state index contributed by atoms with van der Waals surface area (Å²) in [5.74, 6) is 0.451. The number of aromatic nitrogens is 2. The molecule has 0 saturated heterocycles. The number of aliphatic hydroxyl groups is 1. The van der Waals surface area contributed by atoms with Gasteiger partial charge < -0.3 is 10.8 Å². The molecule has 0 atom stereocenters. The number of hydrogen-bond acceptors (Lipinski definition) is 4. The third kappa shape index (κ3) is 1.10. The molecule has 1 aromatic heterocycles. The lowest BCUT2D eigenvalue weighted by Crippen LogP contribution is -1.91. The molecule has 56 valence electrons. The summed E-state index contributed by atoms with van der Waals surface area (Å²) in [6, 6.07) is 0. The number of rotatable bonds is 2. The predicted octanol–water partition coefficient (Wildman–Crippen LogP) is 0.206. The molecule has 0 aliphatic heterocycles. The van der Waals surface area contributed by atoms with Gasteiger partial charge in [0.2, 0.25) is 0 Å². The van der Waals surface area contributed by atoms with Gasteiger partial charge in [0.25, 0.3) is 0 Å². The first kappa shape index (κ1) is 7.43. The number of aromatic amines is 1. The Balaban J connectivity index is 3.01. The van der Waals surface area contributed by atoms with Crippen molar-refractivity contribution in [2.24, 2.45) is 0 Å². The van der Waals surface area contributed by atoms with Crippen LogP contribution in [0.3, 0.4) is 0 Å². The number of H-pyrrole nitrogens is 1. The standard InChI is InChI=1S/C5H9N3OS/c1-10-5-3(2-9)4(6)7-8-5/h9H,2H2,1H3,(H3,6,7,8). The Hall–Kier alpha value is -0.680. The van der Waals surface area contributed by atoms with Crippen molar-refractivity contribution in [1.82, 2.24) is 10.2 Å². The van der Waals surface area contributed by atoms with Crippen LogP contribution in [-0.4, -0.2) is 21.6 Å². The number of nitrogens with two attached hydrogens (primary N) is 1. The average molecular weight is 159 g/mol. The monoisotopic (exact) mass is 159 g/mol. The number of anilines is 1. The molecule has 4 nitrogen and oxygen atoms in total. The molecule has 0 aliphatic carbocycles. The molecule has 0 radical (unpaired) electrons. The largest absolute Gasteiger partial charge is 0.391 e. The zero-order valence-electron chi connectivity index (χ0n) is 5.59. The molecular formula is C5H9N3OS. The average Bonchev–Trinajstić information content (AvgIpc) is 2.30. The van der Waals surface area contributed by atoms with Crippen LogP contribution in [0.15, 0.2) is 5.03 Å². The number of hydrogen-bond donors (Lipinski definition) is 3. The van der Waals surface area contributed by atoms with Gasteiger partial charge in [-0.25, -0.2) is 0 Å². The fraction of sp³-hybridized carbons (Fsp3) is 0.400. The molecule has 4 N–H and O–H groups in total. The quantitative estimate of drug-likeness (QED) is 0.539. The van der Waals surface area contributed by atoms with Crippen molar-refractivity contribution in [1.29, 1.82) is 0 Å². The van der Waals surface area contributed by atoms with Gasteiger partial charge in [0.05, 0.1) is 12.2 Å². The molecular weight excluding hydrogens is 150 g/mol. The molecule has 1 rings (SSSR count). The maximum atomic E-state index is 8.77. The van der Waals surface area contributed by atoms with E-state index in [1.807, 2.05) is 6.26 Å². The van der Waals surface area contributed by atoms with Crippen molar-refractivity contribution in [3.63, 3.8) is 0 Å². The highest BCUT2D eigenvalue weighted by molar-refractivity contribution is 7.98. The van der Waals surface area contributed by atoms with Crippen LogP contribution in [0, 0.1) is 0 Å².